The van der Waals surface area contributed by atoms with Gasteiger partial charge in [0.1, 0.15) is 5.82 Å². The molecule has 0 saturated heterocycles. The van der Waals surface area contributed by atoms with Crippen LogP contribution in [0.15, 0.2) is 28.7 Å². The lowest BCUT2D eigenvalue weighted by Gasteiger charge is -2.16. The fourth-order valence-corrected chi connectivity index (χ4v) is 3.74. The third kappa shape index (κ3) is 2.82. The van der Waals surface area contributed by atoms with Crippen LogP contribution in [0.1, 0.15) is 42.9 Å². The van der Waals surface area contributed by atoms with Crippen LogP contribution in [-0.4, -0.2) is 17.0 Å². The average molecular weight is 346 g/mol. The summed E-state index contributed by atoms with van der Waals surface area (Å²) in [6.45, 7) is 2.11. The zero-order valence-corrected chi connectivity index (χ0v) is 14.1. The van der Waals surface area contributed by atoms with Gasteiger partial charge in [0.2, 0.25) is 0 Å². The van der Waals surface area contributed by atoms with E-state index in [9.17, 15) is 0 Å². The number of nitrogens with one attached hydrogen (secondary N) is 1. The first-order chi connectivity index (χ1) is 10.2. The van der Waals surface area contributed by atoms with Crippen molar-refractivity contribution in [2.45, 2.75) is 38.5 Å². The van der Waals surface area contributed by atoms with E-state index in [4.69, 9.17) is 4.98 Å². The predicted molar refractivity (Wildman–Crippen MR) is 90.7 cm³/mol. The molecule has 0 spiro atoms. The first kappa shape index (κ1) is 14.5. The van der Waals surface area contributed by atoms with Crippen molar-refractivity contribution in [3.05, 3.63) is 40.0 Å². The summed E-state index contributed by atoms with van der Waals surface area (Å²) in [6.07, 6.45) is 5.06. The molecule has 1 aromatic heterocycles. The Hall–Kier alpha value is -1.42. The Morgan fingerprint density at radius 1 is 1.14 bits per heavy atom. The van der Waals surface area contributed by atoms with E-state index in [0.29, 0.717) is 5.92 Å². The van der Waals surface area contributed by atoms with Gasteiger partial charge in [-0.05, 0) is 41.3 Å². The Balaban J connectivity index is 2.13. The highest BCUT2D eigenvalue weighted by atomic mass is 79.9. The molecule has 0 radical (unpaired) electrons. The highest BCUT2D eigenvalue weighted by Gasteiger charge is 2.24. The summed E-state index contributed by atoms with van der Waals surface area (Å²) in [4.78, 5) is 9.58. The van der Waals surface area contributed by atoms with E-state index in [1.165, 1.54) is 31.2 Å². The monoisotopic (exact) mass is 345 g/mol. The Bertz CT molecular complexity index is 648. The van der Waals surface area contributed by atoms with Gasteiger partial charge in [-0.3, -0.25) is 0 Å². The van der Waals surface area contributed by atoms with Crippen molar-refractivity contribution in [1.82, 2.24) is 9.97 Å². The zero-order valence-electron chi connectivity index (χ0n) is 12.5. The number of hydrogen-bond donors (Lipinski definition) is 1. The van der Waals surface area contributed by atoms with Crippen LogP contribution in [-0.2, 0) is 0 Å². The molecule has 0 bridgehead atoms. The third-order valence-corrected chi connectivity index (χ3v) is 5.02. The molecular weight excluding hydrogens is 326 g/mol. The van der Waals surface area contributed by atoms with Crippen LogP contribution in [0, 0.1) is 6.92 Å². The molecule has 1 saturated carbocycles. The molecular formula is C17H20BrN3. The molecule has 3 nitrogen and oxygen atoms in total. The molecule has 4 heteroatoms. The highest BCUT2D eigenvalue weighted by Crippen LogP contribution is 2.39. The first-order valence-corrected chi connectivity index (χ1v) is 8.31. The highest BCUT2D eigenvalue weighted by molar-refractivity contribution is 9.10. The van der Waals surface area contributed by atoms with Gasteiger partial charge in [-0.1, -0.05) is 37.1 Å². The number of nitrogens with zero attached hydrogens (tertiary/aromatic N) is 2. The number of rotatable bonds is 3. The molecule has 21 heavy (non-hydrogen) atoms. The SMILES string of the molecule is CNc1nc(-c2ccccc2C)nc(C2CCCC2)c1Br. The molecule has 1 aliphatic rings. The van der Waals surface area contributed by atoms with Crippen molar-refractivity contribution in [3.8, 4) is 11.4 Å². The number of aromatic nitrogens is 2. The lowest BCUT2D eigenvalue weighted by atomic mass is 10.0. The van der Waals surface area contributed by atoms with Crippen molar-refractivity contribution >= 4 is 21.7 Å². The minimum absolute atomic E-state index is 0.553. The smallest absolute Gasteiger partial charge is 0.162 e. The average Bonchev–Trinajstić information content (AvgIpc) is 3.02. The molecule has 1 aliphatic carbocycles. The van der Waals surface area contributed by atoms with E-state index in [1.54, 1.807) is 0 Å². The maximum absolute atomic E-state index is 4.90. The van der Waals surface area contributed by atoms with Crippen molar-refractivity contribution in [2.75, 3.05) is 12.4 Å². The van der Waals surface area contributed by atoms with Crippen LogP contribution in [0.5, 0.6) is 0 Å². The second-order valence-electron chi connectivity index (χ2n) is 5.64. The van der Waals surface area contributed by atoms with Gasteiger partial charge in [0.15, 0.2) is 5.82 Å². The van der Waals surface area contributed by atoms with E-state index < -0.39 is 0 Å². The first-order valence-electron chi connectivity index (χ1n) is 7.52. The van der Waals surface area contributed by atoms with Crippen LogP contribution < -0.4 is 5.32 Å². The number of aryl methyl sites for hydroxylation is 1. The molecule has 0 atom stereocenters. The van der Waals surface area contributed by atoms with Crippen LogP contribution in [0.4, 0.5) is 5.82 Å². The van der Waals surface area contributed by atoms with Crippen LogP contribution >= 0.6 is 15.9 Å². The molecule has 1 fully saturated rings. The molecule has 0 amide bonds. The Labute approximate surface area is 134 Å². The maximum atomic E-state index is 4.90. The minimum atomic E-state index is 0.553. The van der Waals surface area contributed by atoms with E-state index in [-0.39, 0.29) is 0 Å². The van der Waals surface area contributed by atoms with Crippen LogP contribution in [0.25, 0.3) is 11.4 Å². The fraction of sp³-hybridized carbons (Fsp3) is 0.412. The van der Waals surface area contributed by atoms with Gasteiger partial charge in [0.25, 0.3) is 0 Å². The van der Waals surface area contributed by atoms with E-state index >= 15 is 0 Å². The second kappa shape index (κ2) is 6.14. The summed E-state index contributed by atoms with van der Waals surface area (Å²) in [6, 6.07) is 8.29. The van der Waals surface area contributed by atoms with Gasteiger partial charge < -0.3 is 5.32 Å². The van der Waals surface area contributed by atoms with Gasteiger partial charge in [-0.2, -0.15) is 0 Å². The van der Waals surface area contributed by atoms with Crippen molar-refractivity contribution < 1.29 is 0 Å². The summed E-state index contributed by atoms with van der Waals surface area (Å²) < 4.78 is 1.02. The number of halogens is 1. The van der Waals surface area contributed by atoms with E-state index in [1.807, 2.05) is 13.1 Å². The maximum Gasteiger partial charge on any atom is 0.162 e. The molecule has 1 N–H and O–H groups in total. The standard InChI is InChI=1S/C17H20BrN3/c1-11-7-3-6-10-13(11)16-20-15(12-8-4-5-9-12)14(18)17(19-2)21-16/h3,6-7,10,12H,4-5,8-9H2,1-2H3,(H,19,20,21). The number of hydrogen-bond acceptors (Lipinski definition) is 3. The molecule has 0 unspecified atom stereocenters. The Morgan fingerprint density at radius 2 is 1.86 bits per heavy atom. The third-order valence-electron chi connectivity index (χ3n) is 4.24. The summed E-state index contributed by atoms with van der Waals surface area (Å²) >= 11 is 3.69. The predicted octanol–water partition coefficient (Wildman–Crippen LogP) is 4.91. The topological polar surface area (TPSA) is 37.8 Å². The van der Waals surface area contributed by atoms with Gasteiger partial charge in [-0.25, -0.2) is 9.97 Å². The van der Waals surface area contributed by atoms with Crippen molar-refractivity contribution in [3.63, 3.8) is 0 Å². The van der Waals surface area contributed by atoms with Crippen LogP contribution in [0.2, 0.25) is 0 Å². The summed E-state index contributed by atoms with van der Waals surface area (Å²) in [5.74, 6) is 2.25. The number of benzene rings is 1. The van der Waals surface area contributed by atoms with Crippen molar-refractivity contribution in [1.29, 1.82) is 0 Å². The molecule has 2 aromatic rings. The second-order valence-corrected chi connectivity index (χ2v) is 6.43. The van der Waals surface area contributed by atoms with Gasteiger partial charge >= 0.3 is 0 Å². The van der Waals surface area contributed by atoms with Gasteiger partial charge in [0, 0.05) is 18.5 Å². The molecule has 1 aromatic carbocycles. The lowest BCUT2D eigenvalue weighted by molar-refractivity contribution is 0.691. The zero-order chi connectivity index (χ0) is 14.8. The Morgan fingerprint density at radius 3 is 2.52 bits per heavy atom. The summed E-state index contributed by atoms with van der Waals surface area (Å²) in [5.41, 5.74) is 3.48. The van der Waals surface area contributed by atoms with E-state index in [0.717, 1.165) is 27.4 Å². The summed E-state index contributed by atoms with van der Waals surface area (Å²) in [5, 5.41) is 3.19. The van der Waals surface area contributed by atoms with Crippen molar-refractivity contribution in [2.24, 2.45) is 0 Å². The fourth-order valence-electron chi connectivity index (χ4n) is 3.04. The minimum Gasteiger partial charge on any atom is -0.372 e. The lowest BCUT2D eigenvalue weighted by Crippen LogP contribution is -2.06. The molecule has 0 aliphatic heterocycles. The normalized spacial score (nSPS) is 15.4. The van der Waals surface area contributed by atoms with Crippen LogP contribution in [0.3, 0.4) is 0 Å². The Kier molecular flexibility index (Phi) is 4.24. The number of anilines is 1. The molecule has 110 valence electrons. The van der Waals surface area contributed by atoms with Gasteiger partial charge in [-0.15, -0.1) is 0 Å². The molecule has 1 heterocycles. The van der Waals surface area contributed by atoms with E-state index in [2.05, 4.69) is 51.4 Å². The van der Waals surface area contributed by atoms with Gasteiger partial charge in [0.05, 0.1) is 10.2 Å². The molecule has 3 rings (SSSR count). The summed E-state index contributed by atoms with van der Waals surface area (Å²) in [7, 11) is 1.91. The quantitative estimate of drug-likeness (QED) is 0.858. The largest absolute Gasteiger partial charge is 0.372 e.